The standard InChI is InChI=1S/C12H15N3S/c1-3-11(10-8-6-5-7-9-10)14-15-12(16)13-4-2/h3,5-9H,1,4H2,2H3,(H2,13,15,16)/b14-11-. The zero-order valence-corrected chi connectivity index (χ0v) is 10.1. The molecule has 0 aromatic heterocycles. The first kappa shape index (κ1) is 12.4. The van der Waals surface area contributed by atoms with Crippen LogP contribution in [0.4, 0.5) is 0 Å². The molecule has 0 spiro atoms. The Balaban J connectivity index is 2.72. The van der Waals surface area contributed by atoms with Crippen LogP contribution >= 0.6 is 12.2 Å². The van der Waals surface area contributed by atoms with Crippen LogP contribution in [-0.2, 0) is 0 Å². The maximum atomic E-state index is 5.01. The fourth-order valence-electron chi connectivity index (χ4n) is 1.15. The van der Waals surface area contributed by atoms with Crippen molar-refractivity contribution < 1.29 is 0 Å². The molecule has 0 heterocycles. The third-order valence-electron chi connectivity index (χ3n) is 1.88. The molecule has 2 N–H and O–H groups in total. The van der Waals surface area contributed by atoms with Crippen molar-refractivity contribution in [3.05, 3.63) is 48.6 Å². The van der Waals surface area contributed by atoms with E-state index in [1.807, 2.05) is 37.3 Å². The van der Waals surface area contributed by atoms with Crippen LogP contribution in [0, 0.1) is 0 Å². The van der Waals surface area contributed by atoms with Crippen LogP contribution in [0.5, 0.6) is 0 Å². The van der Waals surface area contributed by atoms with Gasteiger partial charge < -0.3 is 5.32 Å². The van der Waals surface area contributed by atoms with Gasteiger partial charge in [-0.3, -0.25) is 5.43 Å². The number of nitrogens with zero attached hydrogens (tertiary/aromatic N) is 1. The van der Waals surface area contributed by atoms with Gasteiger partial charge in [-0.2, -0.15) is 5.10 Å². The molecule has 84 valence electrons. The Morgan fingerprint density at radius 1 is 1.44 bits per heavy atom. The van der Waals surface area contributed by atoms with Gasteiger partial charge in [0.15, 0.2) is 5.11 Å². The SMILES string of the molecule is C=C/C(=N/NC(=S)NCC)c1ccccc1. The van der Waals surface area contributed by atoms with Gasteiger partial charge in [-0.15, -0.1) is 0 Å². The minimum absolute atomic E-state index is 0.512. The number of allylic oxidation sites excluding steroid dienone is 1. The summed E-state index contributed by atoms with van der Waals surface area (Å²) >= 11 is 5.01. The van der Waals surface area contributed by atoms with Gasteiger partial charge in [-0.25, -0.2) is 0 Å². The molecule has 0 amide bonds. The van der Waals surface area contributed by atoms with E-state index in [-0.39, 0.29) is 0 Å². The normalized spacial score (nSPS) is 10.7. The lowest BCUT2D eigenvalue weighted by molar-refractivity contribution is 0.902. The largest absolute Gasteiger partial charge is 0.362 e. The molecule has 1 rings (SSSR count). The molecule has 0 bridgehead atoms. The first-order valence-corrected chi connectivity index (χ1v) is 5.48. The quantitative estimate of drug-likeness (QED) is 0.475. The van der Waals surface area contributed by atoms with E-state index >= 15 is 0 Å². The Morgan fingerprint density at radius 2 is 2.12 bits per heavy atom. The molecule has 0 saturated carbocycles. The van der Waals surface area contributed by atoms with E-state index in [1.165, 1.54) is 0 Å². The number of nitrogens with one attached hydrogen (secondary N) is 2. The lowest BCUT2D eigenvalue weighted by Gasteiger charge is -2.05. The van der Waals surface area contributed by atoms with Crippen LogP contribution in [0.3, 0.4) is 0 Å². The Hall–Kier alpha value is -1.68. The fourth-order valence-corrected chi connectivity index (χ4v) is 1.34. The Morgan fingerprint density at radius 3 is 2.69 bits per heavy atom. The monoisotopic (exact) mass is 233 g/mol. The molecule has 0 unspecified atom stereocenters. The molecular formula is C12H15N3S. The van der Waals surface area contributed by atoms with Crippen LogP contribution in [0.2, 0.25) is 0 Å². The van der Waals surface area contributed by atoms with Crippen molar-refractivity contribution in [1.29, 1.82) is 0 Å². The van der Waals surface area contributed by atoms with E-state index in [2.05, 4.69) is 22.4 Å². The number of hydrazone groups is 1. The van der Waals surface area contributed by atoms with E-state index in [4.69, 9.17) is 12.2 Å². The summed E-state index contributed by atoms with van der Waals surface area (Å²) in [6, 6.07) is 9.81. The average Bonchev–Trinajstić information content (AvgIpc) is 2.31. The second-order valence-corrected chi connectivity index (χ2v) is 3.45. The van der Waals surface area contributed by atoms with Crippen molar-refractivity contribution in [2.24, 2.45) is 5.10 Å². The predicted molar refractivity (Wildman–Crippen MR) is 72.6 cm³/mol. The first-order valence-electron chi connectivity index (χ1n) is 5.07. The summed E-state index contributed by atoms with van der Waals surface area (Å²) in [6.07, 6.45) is 1.69. The molecular weight excluding hydrogens is 218 g/mol. The second kappa shape index (κ2) is 6.74. The molecule has 0 aliphatic rings. The number of benzene rings is 1. The molecule has 0 fully saturated rings. The lowest BCUT2D eigenvalue weighted by atomic mass is 10.1. The molecule has 4 heteroatoms. The van der Waals surface area contributed by atoms with Crippen molar-refractivity contribution in [2.45, 2.75) is 6.92 Å². The summed E-state index contributed by atoms with van der Waals surface area (Å²) in [5, 5.41) is 7.64. The predicted octanol–water partition coefficient (Wildman–Crippen LogP) is 2.06. The highest BCUT2D eigenvalue weighted by Gasteiger charge is 1.98. The summed E-state index contributed by atoms with van der Waals surface area (Å²) in [4.78, 5) is 0. The van der Waals surface area contributed by atoms with Crippen LogP contribution in [0.15, 0.2) is 48.1 Å². The summed E-state index contributed by atoms with van der Waals surface area (Å²) in [7, 11) is 0. The third kappa shape index (κ3) is 3.82. The molecule has 1 aromatic carbocycles. The van der Waals surface area contributed by atoms with Gasteiger partial charge in [0.25, 0.3) is 0 Å². The molecule has 16 heavy (non-hydrogen) atoms. The van der Waals surface area contributed by atoms with Gasteiger partial charge >= 0.3 is 0 Å². The average molecular weight is 233 g/mol. The third-order valence-corrected chi connectivity index (χ3v) is 2.11. The summed E-state index contributed by atoms with van der Waals surface area (Å²) < 4.78 is 0. The Labute approximate surface area is 101 Å². The summed E-state index contributed by atoms with van der Waals surface area (Å²) in [6.45, 7) is 6.48. The number of thiocarbonyl (C=S) groups is 1. The molecule has 0 aliphatic heterocycles. The zero-order chi connectivity index (χ0) is 11.8. The van der Waals surface area contributed by atoms with Crippen molar-refractivity contribution in [2.75, 3.05) is 6.54 Å². The Kier molecular flexibility index (Phi) is 5.22. The highest BCUT2D eigenvalue weighted by atomic mass is 32.1. The smallest absolute Gasteiger partial charge is 0.186 e. The molecule has 0 saturated heterocycles. The molecule has 3 nitrogen and oxygen atoms in total. The van der Waals surface area contributed by atoms with Gasteiger partial charge in [0.05, 0.1) is 5.71 Å². The minimum atomic E-state index is 0.512. The molecule has 0 aliphatic carbocycles. The highest BCUT2D eigenvalue weighted by Crippen LogP contribution is 2.01. The van der Waals surface area contributed by atoms with Gasteiger partial charge in [0.1, 0.15) is 0 Å². The van der Waals surface area contributed by atoms with Crippen molar-refractivity contribution >= 4 is 23.0 Å². The van der Waals surface area contributed by atoms with E-state index < -0.39 is 0 Å². The summed E-state index contributed by atoms with van der Waals surface area (Å²) in [5.41, 5.74) is 4.54. The van der Waals surface area contributed by atoms with E-state index in [9.17, 15) is 0 Å². The topological polar surface area (TPSA) is 36.4 Å². The highest BCUT2D eigenvalue weighted by molar-refractivity contribution is 7.80. The maximum Gasteiger partial charge on any atom is 0.186 e. The van der Waals surface area contributed by atoms with E-state index in [0.29, 0.717) is 5.11 Å². The first-order chi connectivity index (χ1) is 7.77. The minimum Gasteiger partial charge on any atom is -0.362 e. The van der Waals surface area contributed by atoms with Crippen molar-refractivity contribution in [1.82, 2.24) is 10.7 Å². The second-order valence-electron chi connectivity index (χ2n) is 3.04. The van der Waals surface area contributed by atoms with Crippen LogP contribution < -0.4 is 10.7 Å². The zero-order valence-electron chi connectivity index (χ0n) is 9.23. The lowest BCUT2D eigenvalue weighted by Crippen LogP contribution is -2.32. The number of hydrogen-bond donors (Lipinski definition) is 2. The van der Waals surface area contributed by atoms with Gasteiger partial charge in [0.2, 0.25) is 0 Å². The molecule has 0 atom stereocenters. The van der Waals surface area contributed by atoms with Crippen molar-refractivity contribution in [3.8, 4) is 0 Å². The summed E-state index contributed by atoms with van der Waals surface area (Å²) in [5.74, 6) is 0. The Bertz CT molecular complexity index is 385. The fraction of sp³-hybridized carbons (Fsp3) is 0.167. The number of rotatable bonds is 4. The van der Waals surface area contributed by atoms with Crippen LogP contribution in [-0.4, -0.2) is 17.4 Å². The van der Waals surface area contributed by atoms with Crippen LogP contribution in [0.25, 0.3) is 0 Å². The van der Waals surface area contributed by atoms with E-state index in [1.54, 1.807) is 6.08 Å². The maximum absolute atomic E-state index is 5.01. The van der Waals surface area contributed by atoms with Crippen LogP contribution in [0.1, 0.15) is 12.5 Å². The van der Waals surface area contributed by atoms with E-state index in [0.717, 1.165) is 17.8 Å². The van der Waals surface area contributed by atoms with Gasteiger partial charge in [-0.1, -0.05) is 36.9 Å². The van der Waals surface area contributed by atoms with Gasteiger partial charge in [0, 0.05) is 12.1 Å². The molecule has 1 aromatic rings. The van der Waals surface area contributed by atoms with Gasteiger partial charge in [-0.05, 0) is 25.2 Å². The molecule has 0 radical (unpaired) electrons. The number of hydrogen-bond acceptors (Lipinski definition) is 2. The van der Waals surface area contributed by atoms with Crippen molar-refractivity contribution in [3.63, 3.8) is 0 Å².